The van der Waals surface area contributed by atoms with Gasteiger partial charge in [0, 0.05) is 5.69 Å². The standard InChI is InChI=1S/C14H20N2O/c1-4-5-13(15)14(17)16-12-8-6-11(7-9-12)10(2)3/h4,6-10,13H,1,5,15H2,2-3H3,(H,16,17). The van der Waals surface area contributed by atoms with Gasteiger partial charge in [-0.1, -0.05) is 32.1 Å². The molecule has 3 N–H and O–H groups in total. The van der Waals surface area contributed by atoms with E-state index < -0.39 is 6.04 Å². The highest BCUT2D eigenvalue weighted by Gasteiger charge is 2.11. The molecule has 1 aromatic carbocycles. The monoisotopic (exact) mass is 232 g/mol. The van der Waals surface area contributed by atoms with Gasteiger partial charge in [-0.25, -0.2) is 0 Å². The Hall–Kier alpha value is -1.61. The number of hydrogen-bond acceptors (Lipinski definition) is 2. The number of nitrogens with one attached hydrogen (secondary N) is 1. The van der Waals surface area contributed by atoms with Crippen molar-refractivity contribution in [3.05, 3.63) is 42.5 Å². The summed E-state index contributed by atoms with van der Waals surface area (Å²) in [5, 5.41) is 2.78. The van der Waals surface area contributed by atoms with Crippen molar-refractivity contribution in [2.75, 3.05) is 5.32 Å². The van der Waals surface area contributed by atoms with Gasteiger partial charge < -0.3 is 11.1 Å². The average Bonchev–Trinajstić information content (AvgIpc) is 2.30. The lowest BCUT2D eigenvalue weighted by Gasteiger charge is -2.11. The van der Waals surface area contributed by atoms with Crippen LogP contribution in [-0.4, -0.2) is 11.9 Å². The van der Waals surface area contributed by atoms with Gasteiger partial charge in [0.1, 0.15) is 0 Å². The zero-order valence-electron chi connectivity index (χ0n) is 10.4. The molecular weight excluding hydrogens is 212 g/mol. The highest BCUT2D eigenvalue weighted by Crippen LogP contribution is 2.17. The van der Waals surface area contributed by atoms with Crippen molar-refractivity contribution in [2.24, 2.45) is 5.73 Å². The van der Waals surface area contributed by atoms with Gasteiger partial charge >= 0.3 is 0 Å². The van der Waals surface area contributed by atoms with Crippen LogP contribution in [0.2, 0.25) is 0 Å². The molecule has 1 rings (SSSR count). The first kappa shape index (κ1) is 13.5. The molecule has 0 heterocycles. The molecule has 3 nitrogen and oxygen atoms in total. The first-order valence-electron chi connectivity index (χ1n) is 5.82. The molecule has 3 heteroatoms. The minimum Gasteiger partial charge on any atom is -0.325 e. The second-order valence-corrected chi connectivity index (χ2v) is 4.40. The smallest absolute Gasteiger partial charge is 0.241 e. The normalized spacial score (nSPS) is 12.2. The van der Waals surface area contributed by atoms with Crippen LogP contribution < -0.4 is 11.1 Å². The van der Waals surface area contributed by atoms with E-state index in [1.165, 1.54) is 5.56 Å². The molecule has 0 saturated carbocycles. The first-order chi connectivity index (χ1) is 8.04. The fourth-order valence-corrected chi connectivity index (χ4v) is 1.47. The highest BCUT2D eigenvalue weighted by atomic mass is 16.2. The average molecular weight is 232 g/mol. The summed E-state index contributed by atoms with van der Waals surface area (Å²) in [5.74, 6) is 0.310. The van der Waals surface area contributed by atoms with Crippen molar-refractivity contribution < 1.29 is 4.79 Å². The fraction of sp³-hybridized carbons (Fsp3) is 0.357. The van der Waals surface area contributed by atoms with Crippen LogP contribution in [-0.2, 0) is 4.79 Å². The van der Waals surface area contributed by atoms with Crippen LogP contribution in [0.5, 0.6) is 0 Å². The minimum absolute atomic E-state index is 0.179. The van der Waals surface area contributed by atoms with E-state index >= 15 is 0 Å². The number of rotatable bonds is 5. The zero-order valence-corrected chi connectivity index (χ0v) is 10.4. The third kappa shape index (κ3) is 4.04. The Morgan fingerprint density at radius 3 is 2.47 bits per heavy atom. The van der Waals surface area contributed by atoms with Gasteiger partial charge in [0.15, 0.2) is 0 Å². The summed E-state index contributed by atoms with van der Waals surface area (Å²) in [7, 11) is 0. The molecule has 0 aliphatic carbocycles. The summed E-state index contributed by atoms with van der Waals surface area (Å²) in [5.41, 5.74) is 7.70. The summed E-state index contributed by atoms with van der Waals surface area (Å²) in [6, 6.07) is 7.29. The summed E-state index contributed by atoms with van der Waals surface area (Å²) >= 11 is 0. The molecule has 1 aromatic rings. The van der Waals surface area contributed by atoms with E-state index in [4.69, 9.17) is 5.73 Å². The molecule has 0 spiro atoms. The summed E-state index contributed by atoms with van der Waals surface area (Å²) < 4.78 is 0. The van der Waals surface area contributed by atoms with Crippen molar-refractivity contribution in [1.29, 1.82) is 0 Å². The summed E-state index contributed by atoms with van der Waals surface area (Å²) in [4.78, 5) is 11.6. The Balaban J connectivity index is 2.63. The van der Waals surface area contributed by atoms with Crippen molar-refractivity contribution in [1.82, 2.24) is 0 Å². The number of carbonyl (C=O) groups is 1. The number of amides is 1. The Kier molecular flexibility index (Phi) is 4.91. The lowest BCUT2D eigenvalue weighted by molar-refractivity contribution is -0.117. The van der Waals surface area contributed by atoms with Crippen molar-refractivity contribution in [3.63, 3.8) is 0 Å². The Bertz CT molecular complexity index is 382. The summed E-state index contributed by atoms with van der Waals surface area (Å²) in [6.07, 6.45) is 2.13. The van der Waals surface area contributed by atoms with Gasteiger partial charge in [-0.3, -0.25) is 4.79 Å². The molecule has 1 atom stereocenters. The van der Waals surface area contributed by atoms with E-state index in [9.17, 15) is 4.79 Å². The largest absolute Gasteiger partial charge is 0.325 e. The van der Waals surface area contributed by atoms with Crippen LogP contribution in [0, 0.1) is 0 Å². The second kappa shape index (κ2) is 6.21. The molecule has 0 bridgehead atoms. The van der Waals surface area contributed by atoms with Gasteiger partial charge in [0.2, 0.25) is 5.91 Å². The maximum Gasteiger partial charge on any atom is 0.241 e. The third-order valence-corrected chi connectivity index (χ3v) is 2.60. The first-order valence-corrected chi connectivity index (χ1v) is 5.82. The van der Waals surface area contributed by atoms with Gasteiger partial charge in [0.05, 0.1) is 6.04 Å². The van der Waals surface area contributed by atoms with Crippen LogP contribution in [0.3, 0.4) is 0 Å². The fourth-order valence-electron chi connectivity index (χ4n) is 1.47. The third-order valence-electron chi connectivity index (χ3n) is 2.60. The van der Waals surface area contributed by atoms with Crippen LogP contribution >= 0.6 is 0 Å². The van der Waals surface area contributed by atoms with E-state index in [0.717, 1.165) is 5.69 Å². The minimum atomic E-state index is -0.530. The molecule has 0 radical (unpaired) electrons. The molecule has 0 aliphatic rings. The van der Waals surface area contributed by atoms with Gasteiger partial charge in [-0.2, -0.15) is 0 Å². The predicted molar refractivity (Wildman–Crippen MR) is 72.0 cm³/mol. The number of nitrogens with two attached hydrogens (primary N) is 1. The van der Waals surface area contributed by atoms with Crippen molar-refractivity contribution >= 4 is 11.6 Å². The molecule has 1 unspecified atom stereocenters. The molecule has 1 amide bonds. The second-order valence-electron chi connectivity index (χ2n) is 4.40. The van der Waals surface area contributed by atoms with Gasteiger partial charge in [-0.15, -0.1) is 6.58 Å². The van der Waals surface area contributed by atoms with Crippen LogP contribution in [0.4, 0.5) is 5.69 Å². The van der Waals surface area contributed by atoms with E-state index in [2.05, 4.69) is 25.7 Å². The SMILES string of the molecule is C=CCC(N)C(=O)Nc1ccc(C(C)C)cc1. The molecular formula is C14H20N2O. The molecule has 0 saturated heterocycles. The van der Waals surface area contributed by atoms with E-state index in [-0.39, 0.29) is 5.91 Å². The Morgan fingerprint density at radius 2 is 2.00 bits per heavy atom. The van der Waals surface area contributed by atoms with E-state index in [0.29, 0.717) is 12.3 Å². The number of anilines is 1. The van der Waals surface area contributed by atoms with Crippen LogP contribution in [0.15, 0.2) is 36.9 Å². The van der Waals surface area contributed by atoms with Crippen molar-refractivity contribution in [2.45, 2.75) is 32.2 Å². The predicted octanol–water partition coefficient (Wildman–Crippen LogP) is 2.65. The summed E-state index contributed by atoms with van der Waals surface area (Å²) in [6.45, 7) is 7.83. The quantitative estimate of drug-likeness (QED) is 0.767. The lowest BCUT2D eigenvalue weighted by atomic mass is 10.0. The van der Waals surface area contributed by atoms with Crippen LogP contribution in [0.1, 0.15) is 31.7 Å². The lowest BCUT2D eigenvalue weighted by Crippen LogP contribution is -2.35. The molecule has 17 heavy (non-hydrogen) atoms. The maximum atomic E-state index is 11.6. The van der Waals surface area contributed by atoms with Gasteiger partial charge in [-0.05, 0) is 30.0 Å². The molecule has 92 valence electrons. The van der Waals surface area contributed by atoms with Crippen molar-refractivity contribution in [3.8, 4) is 0 Å². The maximum absolute atomic E-state index is 11.6. The Labute approximate surface area is 103 Å². The zero-order chi connectivity index (χ0) is 12.8. The molecule has 0 fully saturated rings. The number of carbonyl (C=O) groups excluding carboxylic acids is 1. The topological polar surface area (TPSA) is 55.1 Å². The van der Waals surface area contributed by atoms with E-state index in [1.807, 2.05) is 24.3 Å². The number of benzene rings is 1. The molecule has 0 aliphatic heterocycles. The highest BCUT2D eigenvalue weighted by molar-refractivity contribution is 5.94. The van der Waals surface area contributed by atoms with Crippen LogP contribution in [0.25, 0.3) is 0 Å². The Morgan fingerprint density at radius 1 is 1.41 bits per heavy atom. The van der Waals surface area contributed by atoms with E-state index in [1.54, 1.807) is 6.08 Å². The molecule has 0 aromatic heterocycles. The van der Waals surface area contributed by atoms with Gasteiger partial charge in [0.25, 0.3) is 0 Å². The number of hydrogen-bond donors (Lipinski definition) is 2.